The van der Waals surface area contributed by atoms with Crippen LogP contribution in [0.2, 0.25) is 5.02 Å². The van der Waals surface area contributed by atoms with Crippen molar-refractivity contribution in [2.45, 2.75) is 32.3 Å². The van der Waals surface area contributed by atoms with Crippen molar-refractivity contribution in [2.75, 3.05) is 0 Å². The molecule has 0 fully saturated rings. The Bertz CT molecular complexity index is 372. The molecule has 76 valence electrons. The molecule has 1 aromatic carbocycles. The van der Waals surface area contributed by atoms with E-state index >= 15 is 0 Å². The largest absolute Gasteiger partial charge is 0.506 e. The summed E-state index contributed by atoms with van der Waals surface area (Å²) >= 11 is 6.03. The molecule has 0 spiro atoms. The summed E-state index contributed by atoms with van der Waals surface area (Å²) < 4.78 is 0. The number of rotatable bonds is 1. The van der Waals surface area contributed by atoms with Gasteiger partial charge in [-0.25, -0.2) is 0 Å². The zero-order valence-electron chi connectivity index (χ0n) is 8.05. The number of hydrogen-bond acceptors (Lipinski definition) is 2. The molecular formula is C11H13ClO2. The lowest BCUT2D eigenvalue weighted by molar-refractivity contribution is 0.195. The van der Waals surface area contributed by atoms with Crippen LogP contribution in [0.3, 0.4) is 0 Å². The third-order valence-corrected chi connectivity index (χ3v) is 3.19. The van der Waals surface area contributed by atoms with Crippen molar-refractivity contribution in [3.63, 3.8) is 0 Å². The summed E-state index contributed by atoms with van der Waals surface area (Å²) in [4.78, 5) is 0. The smallest absolute Gasteiger partial charge is 0.140 e. The van der Waals surface area contributed by atoms with Crippen LogP contribution in [-0.2, 0) is 12.8 Å². The van der Waals surface area contributed by atoms with Crippen molar-refractivity contribution in [3.05, 3.63) is 27.8 Å². The van der Waals surface area contributed by atoms with Gasteiger partial charge in [0.1, 0.15) is 5.75 Å². The predicted octanol–water partition coefficient (Wildman–Crippen LogP) is 2.59. The van der Waals surface area contributed by atoms with Crippen LogP contribution >= 0.6 is 11.6 Å². The molecule has 14 heavy (non-hydrogen) atoms. The van der Waals surface area contributed by atoms with Gasteiger partial charge >= 0.3 is 0 Å². The summed E-state index contributed by atoms with van der Waals surface area (Å²) in [6, 6.07) is 1.87. The van der Waals surface area contributed by atoms with Gasteiger partial charge in [0, 0.05) is 5.56 Å². The van der Waals surface area contributed by atoms with Gasteiger partial charge in [0.25, 0.3) is 0 Å². The fourth-order valence-electron chi connectivity index (χ4n) is 2.02. The normalized spacial score (nSPS) is 16.8. The van der Waals surface area contributed by atoms with E-state index in [2.05, 4.69) is 0 Å². The van der Waals surface area contributed by atoms with Crippen LogP contribution in [0.1, 0.15) is 36.1 Å². The minimum Gasteiger partial charge on any atom is -0.506 e. The molecule has 0 heterocycles. The molecule has 0 bridgehead atoms. The molecule has 2 nitrogen and oxygen atoms in total. The number of halogens is 1. The number of aromatic hydroxyl groups is 1. The maximum atomic E-state index is 9.74. The molecule has 1 aromatic rings. The molecule has 2 rings (SSSR count). The molecular weight excluding hydrogens is 200 g/mol. The molecule has 1 unspecified atom stereocenters. The lowest BCUT2D eigenvalue weighted by Gasteiger charge is -2.12. The minimum absolute atomic E-state index is 0.0438. The van der Waals surface area contributed by atoms with Crippen LogP contribution in [0.4, 0.5) is 0 Å². The Labute approximate surface area is 88.1 Å². The van der Waals surface area contributed by atoms with Crippen molar-refractivity contribution >= 4 is 11.6 Å². The van der Waals surface area contributed by atoms with E-state index in [1.165, 1.54) is 5.56 Å². The summed E-state index contributed by atoms with van der Waals surface area (Å²) in [7, 11) is 0. The van der Waals surface area contributed by atoms with E-state index < -0.39 is 6.10 Å². The zero-order chi connectivity index (χ0) is 10.3. The second-order valence-corrected chi connectivity index (χ2v) is 4.17. The highest BCUT2D eigenvalue weighted by molar-refractivity contribution is 6.33. The maximum absolute atomic E-state index is 9.74. The average Bonchev–Trinajstić information content (AvgIpc) is 2.58. The lowest BCUT2D eigenvalue weighted by Crippen LogP contribution is -1.96. The molecule has 2 N–H and O–H groups in total. The fourth-order valence-corrected chi connectivity index (χ4v) is 2.35. The highest BCUT2D eigenvalue weighted by atomic mass is 35.5. The third-order valence-electron chi connectivity index (χ3n) is 2.79. The number of phenols is 1. The molecule has 3 heteroatoms. The van der Waals surface area contributed by atoms with Crippen molar-refractivity contribution < 1.29 is 10.2 Å². The number of aryl methyl sites for hydroxylation is 1. The second kappa shape index (κ2) is 3.44. The number of benzene rings is 1. The van der Waals surface area contributed by atoms with E-state index in [4.69, 9.17) is 11.6 Å². The molecule has 0 amide bonds. The molecule has 1 atom stereocenters. The molecule has 0 saturated carbocycles. The lowest BCUT2D eigenvalue weighted by atomic mass is 10.0. The van der Waals surface area contributed by atoms with Crippen LogP contribution in [0.15, 0.2) is 6.07 Å². The van der Waals surface area contributed by atoms with E-state index in [9.17, 15) is 10.2 Å². The Morgan fingerprint density at radius 2 is 2.14 bits per heavy atom. The third kappa shape index (κ3) is 1.39. The van der Waals surface area contributed by atoms with Crippen LogP contribution in [-0.4, -0.2) is 10.2 Å². The molecule has 0 aromatic heterocycles. The van der Waals surface area contributed by atoms with E-state index in [1.54, 1.807) is 6.92 Å². The SMILES string of the molecule is CC(O)c1cc2c(c(Cl)c1O)CCC2. The monoisotopic (exact) mass is 212 g/mol. The summed E-state index contributed by atoms with van der Waals surface area (Å²) in [6.45, 7) is 1.63. The van der Waals surface area contributed by atoms with Gasteiger partial charge in [-0.3, -0.25) is 0 Å². The number of hydrogen-bond donors (Lipinski definition) is 2. The predicted molar refractivity (Wildman–Crippen MR) is 55.8 cm³/mol. The van der Waals surface area contributed by atoms with Crippen LogP contribution in [0, 0.1) is 0 Å². The van der Waals surface area contributed by atoms with Crippen molar-refractivity contribution in [1.29, 1.82) is 0 Å². The first-order chi connectivity index (χ1) is 6.61. The Morgan fingerprint density at radius 3 is 2.79 bits per heavy atom. The van der Waals surface area contributed by atoms with Gasteiger partial charge in [-0.15, -0.1) is 0 Å². The number of aliphatic hydroxyl groups excluding tert-OH is 1. The van der Waals surface area contributed by atoms with Gasteiger partial charge in [0.2, 0.25) is 0 Å². The van der Waals surface area contributed by atoms with Gasteiger partial charge in [0.15, 0.2) is 0 Å². The maximum Gasteiger partial charge on any atom is 0.140 e. The van der Waals surface area contributed by atoms with Crippen LogP contribution < -0.4 is 0 Å². The van der Waals surface area contributed by atoms with Gasteiger partial charge in [0.05, 0.1) is 11.1 Å². The fraction of sp³-hybridized carbons (Fsp3) is 0.455. The quantitative estimate of drug-likeness (QED) is 0.751. The minimum atomic E-state index is -0.668. The first kappa shape index (κ1) is 9.81. The molecule has 1 aliphatic rings. The van der Waals surface area contributed by atoms with Crippen LogP contribution in [0.25, 0.3) is 0 Å². The van der Waals surface area contributed by atoms with Gasteiger partial charge in [-0.2, -0.15) is 0 Å². The Kier molecular flexibility index (Phi) is 2.41. The van der Waals surface area contributed by atoms with E-state index in [0.717, 1.165) is 24.8 Å². The summed E-state index contributed by atoms with van der Waals surface area (Å²) in [5.41, 5.74) is 2.76. The van der Waals surface area contributed by atoms with Crippen molar-refractivity contribution in [3.8, 4) is 5.75 Å². The van der Waals surface area contributed by atoms with Gasteiger partial charge < -0.3 is 10.2 Å². The topological polar surface area (TPSA) is 40.5 Å². The van der Waals surface area contributed by atoms with E-state index in [-0.39, 0.29) is 5.75 Å². The molecule has 0 radical (unpaired) electrons. The first-order valence-corrected chi connectivity index (χ1v) is 5.20. The van der Waals surface area contributed by atoms with Gasteiger partial charge in [-0.05, 0) is 43.4 Å². The van der Waals surface area contributed by atoms with Crippen molar-refractivity contribution in [2.24, 2.45) is 0 Å². The Hall–Kier alpha value is -0.730. The van der Waals surface area contributed by atoms with Crippen molar-refractivity contribution in [1.82, 2.24) is 0 Å². The number of fused-ring (bicyclic) bond motifs is 1. The summed E-state index contributed by atoms with van der Waals surface area (Å²) in [5.74, 6) is 0.0438. The second-order valence-electron chi connectivity index (χ2n) is 3.80. The molecule has 0 aliphatic heterocycles. The summed E-state index contributed by atoms with van der Waals surface area (Å²) in [5, 5.41) is 19.6. The highest BCUT2D eigenvalue weighted by Crippen LogP contribution is 2.40. The van der Waals surface area contributed by atoms with Gasteiger partial charge in [-0.1, -0.05) is 11.6 Å². The summed E-state index contributed by atoms with van der Waals surface area (Å²) in [6.07, 6.45) is 2.34. The zero-order valence-corrected chi connectivity index (χ0v) is 8.80. The Balaban J connectivity index is 2.61. The van der Waals surface area contributed by atoms with E-state index in [0.29, 0.717) is 10.6 Å². The standard InChI is InChI=1S/C11H13ClO2/c1-6(13)9-5-7-3-2-4-8(7)10(12)11(9)14/h5-6,13-14H,2-4H2,1H3. The number of phenolic OH excluding ortho intramolecular Hbond substituents is 1. The Morgan fingerprint density at radius 1 is 1.43 bits per heavy atom. The van der Waals surface area contributed by atoms with Crippen LogP contribution in [0.5, 0.6) is 5.75 Å². The molecule has 1 aliphatic carbocycles. The first-order valence-electron chi connectivity index (χ1n) is 4.82. The van der Waals surface area contributed by atoms with E-state index in [1.807, 2.05) is 6.07 Å². The highest BCUT2D eigenvalue weighted by Gasteiger charge is 2.21. The average molecular weight is 213 g/mol. The molecule has 0 saturated heterocycles. The number of aliphatic hydroxyl groups is 1.